The highest BCUT2D eigenvalue weighted by Crippen LogP contribution is 2.33. The second kappa shape index (κ2) is 5.05. The molecule has 2 heterocycles. The molecular weight excluding hydrogens is 256 g/mol. The maximum absolute atomic E-state index is 11.1. The fraction of sp³-hybridized carbons (Fsp3) is 0.357. The number of aromatic nitrogens is 1. The predicted molar refractivity (Wildman–Crippen MR) is 78.1 cm³/mol. The summed E-state index contributed by atoms with van der Waals surface area (Å²) in [6.45, 7) is 4.84. The third kappa shape index (κ3) is 2.18. The van der Waals surface area contributed by atoms with E-state index in [0.717, 1.165) is 30.7 Å². The molecule has 0 radical (unpaired) electrons. The number of nitrogens with one attached hydrogen (secondary N) is 1. The van der Waals surface area contributed by atoms with Crippen LogP contribution in [0.3, 0.4) is 0 Å². The third-order valence-electron chi connectivity index (χ3n) is 3.68. The maximum atomic E-state index is 11.1. The zero-order chi connectivity index (χ0) is 14.1. The zero-order valence-electron chi connectivity index (χ0n) is 11.2. The minimum Gasteiger partial charge on any atom is -0.368 e. The number of hydrogen-bond acceptors (Lipinski definition) is 5. The quantitative estimate of drug-likeness (QED) is 0.668. The van der Waals surface area contributed by atoms with Gasteiger partial charge in [0.2, 0.25) is 0 Å². The molecule has 1 N–H and O–H groups in total. The van der Waals surface area contributed by atoms with Gasteiger partial charge < -0.3 is 10.2 Å². The minimum atomic E-state index is -0.341. The molecule has 2 aromatic rings. The number of nitro groups is 1. The molecule has 1 aliphatic rings. The average molecular weight is 272 g/mol. The average Bonchev–Trinajstić information content (AvgIpc) is 2.46. The molecule has 0 spiro atoms. The van der Waals surface area contributed by atoms with Gasteiger partial charge in [-0.25, -0.2) is 0 Å². The maximum Gasteiger partial charge on any atom is 0.277 e. The Morgan fingerprint density at radius 1 is 1.40 bits per heavy atom. The number of pyridine rings is 1. The highest BCUT2D eigenvalue weighted by Gasteiger charge is 2.21. The topological polar surface area (TPSA) is 71.3 Å². The smallest absolute Gasteiger partial charge is 0.277 e. The van der Waals surface area contributed by atoms with Crippen LogP contribution < -0.4 is 10.2 Å². The van der Waals surface area contributed by atoms with E-state index >= 15 is 0 Å². The van der Waals surface area contributed by atoms with Crippen LogP contribution in [0.4, 0.5) is 11.4 Å². The summed E-state index contributed by atoms with van der Waals surface area (Å²) in [5.41, 5.74) is 1.15. The Morgan fingerprint density at radius 3 is 3.00 bits per heavy atom. The van der Waals surface area contributed by atoms with Crippen molar-refractivity contribution in [3.05, 3.63) is 40.7 Å². The van der Waals surface area contributed by atoms with E-state index in [2.05, 4.69) is 22.1 Å². The Bertz CT molecular complexity index is 659. The van der Waals surface area contributed by atoms with Crippen molar-refractivity contribution in [3.63, 3.8) is 0 Å². The number of non-ortho nitro benzene ring substituents is 1. The van der Waals surface area contributed by atoms with Gasteiger partial charge in [-0.1, -0.05) is 0 Å². The molecule has 3 rings (SSSR count). The summed E-state index contributed by atoms with van der Waals surface area (Å²) in [5, 5.41) is 16.0. The third-order valence-corrected chi connectivity index (χ3v) is 3.68. The van der Waals surface area contributed by atoms with Crippen LogP contribution in [0.25, 0.3) is 10.8 Å². The molecule has 1 saturated heterocycles. The first-order valence-corrected chi connectivity index (χ1v) is 6.66. The van der Waals surface area contributed by atoms with E-state index in [0.29, 0.717) is 11.4 Å². The van der Waals surface area contributed by atoms with Crippen molar-refractivity contribution in [2.45, 2.75) is 13.0 Å². The van der Waals surface area contributed by atoms with E-state index in [1.807, 2.05) is 6.07 Å². The van der Waals surface area contributed by atoms with Gasteiger partial charge in [0.25, 0.3) is 5.69 Å². The lowest BCUT2D eigenvalue weighted by Gasteiger charge is -2.34. The van der Waals surface area contributed by atoms with Crippen molar-refractivity contribution in [2.75, 3.05) is 24.5 Å². The van der Waals surface area contributed by atoms with Crippen molar-refractivity contribution in [1.29, 1.82) is 0 Å². The number of fused-ring (bicyclic) bond motifs is 1. The molecule has 0 aliphatic carbocycles. The van der Waals surface area contributed by atoms with Gasteiger partial charge in [0, 0.05) is 55.2 Å². The van der Waals surface area contributed by atoms with Gasteiger partial charge in [0.05, 0.1) is 10.3 Å². The van der Waals surface area contributed by atoms with Crippen LogP contribution in [0.2, 0.25) is 0 Å². The number of benzene rings is 1. The fourth-order valence-electron chi connectivity index (χ4n) is 2.75. The molecule has 6 nitrogen and oxygen atoms in total. The molecule has 6 heteroatoms. The Balaban J connectivity index is 2.12. The second-order valence-corrected chi connectivity index (χ2v) is 5.08. The van der Waals surface area contributed by atoms with Crippen LogP contribution >= 0.6 is 0 Å². The van der Waals surface area contributed by atoms with Crippen LogP contribution in [0.15, 0.2) is 30.6 Å². The molecule has 104 valence electrons. The highest BCUT2D eigenvalue weighted by atomic mass is 16.6. The Labute approximate surface area is 116 Å². The highest BCUT2D eigenvalue weighted by molar-refractivity contribution is 5.99. The first-order chi connectivity index (χ1) is 9.66. The van der Waals surface area contributed by atoms with Crippen molar-refractivity contribution in [3.8, 4) is 0 Å². The lowest BCUT2D eigenvalue weighted by molar-refractivity contribution is -0.383. The molecule has 0 bridgehead atoms. The van der Waals surface area contributed by atoms with E-state index in [1.54, 1.807) is 24.5 Å². The Kier molecular flexibility index (Phi) is 3.23. The van der Waals surface area contributed by atoms with E-state index < -0.39 is 0 Å². The first-order valence-electron chi connectivity index (χ1n) is 6.66. The van der Waals surface area contributed by atoms with Crippen LogP contribution in [0, 0.1) is 10.1 Å². The van der Waals surface area contributed by atoms with Crippen molar-refractivity contribution < 1.29 is 4.92 Å². The number of hydrogen-bond donors (Lipinski definition) is 1. The summed E-state index contributed by atoms with van der Waals surface area (Å²) in [7, 11) is 0. The van der Waals surface area contributed by atoms with Crippen LogP contribution in [-0.2, 0) is 0 Å². The van der Waals surface area contributed by atoms with Crippen LogP contribution in [0.5, 0.6) is 0 Å². The number of rotatable bonds is 2. The number of piperazine rings is 1. The summed E-state index contributed by atoms with van der Waals surface area (Å²) in [5.74, 6) is 0. The first kappa shape index (κ1) is 12.8. The van der Waals surface area contributed by atoms with E-state index in [9.17, 15) is 10.1 Å². The second-order valence-electron chi connectivity index (χ2n) is 5.08. The predicted octanol–water partition coefficient (Wildman–Crippen LogP) is 1.94. The fourth-order valence-corrected chi connectivity index (χ4v) is 2.75. The number of nitro benzene ring substituents is 1. The van der Waals surface area contributed by atoms with E-state index in [4.69, 9.17) is 0 Å². The van der Waals surface area contributed by atoms with Crippen molar-refractivity contribution >= 4 is 22.1 Å². The van der Waals surface area contributed by atoms with E-state index in [-0.39, 0.29) is 10.6 Å². The molecule has 1 atom stereocenters. The van der Waals surface area contributed by atoms with Gasteiger partial charge in [-0.05, 0) is 19.1 Å². The van der Waals surface area contributed by atoms with Gasteiger partial charge >= 0.3 is 0 Å². The van der Waals surface area contributed by atoms with Gasteiger partial charge in [-0.15, -0.1) is 0 Å². The van der Waals surface area contributed by atoms with Gasteiger partial charge in [-0.2, -0.15) is 0 Å². The lowest BCUT2D eigenvalue weighted by atomic mass is 10.1. The Hall–Kier alpha value is -2.21. The minimum absolute atomic E-state index is 0.134. The molecule has 1 aromatic carbocycles. The Morgan fingerprint density at radius 2 is 2.25 bits per heavy atom. The summed E-state index contributed by atoms with van der Waals surface area (Å²) < 4.78 is 0. The van der Waals surface area contributed by atoms with Crippen LogP contribution in [0.1, 0.15) is 6.92 Å². The molecule has 1 fully saturated rings. The number of nitrogens with zero attached hydrogens (tertiary/aromatic N) is 3. The lowest BCUT2D eigenvalue weighted by Crippen LogP contribution is -2.49. The zero-order valence-corrected chi connectivity index (χ0v) is 11.2. The molecule has 0 unspecified atom stereocenters. The molecule has 0 saturated carbocycles. The largest absolute Gasteiger partial charge is 0.368 e. The standard InChI is InChI=1S/C14H16N4O2/c1-10-9-17(7-6-16-10)13-2-3-14(18(19)20)11-4-5-15-8-12(11)13/h2-5,8,10,16H,6-7,9H2,1H3/t10-/m1/s1. The summed E-state index contributed by atoms with van der Waals surface area (Å²) in [6, 6.07) is 5.54. The molecule has 0 amide bonds. The summed E-state index contributed by atoms with van der Waals surface area (Å²) in [4.78, 5) is 17.2. The van der Waals surface area contributed by atoms with Crippen molar-refractivity contribution in [1.82, 2.24) is 10.3 Å². The van der Waals surface area contributed by atoms with Gasteiger partial charge in [0.1, 0.15) is 0 Å². The number of anilines is 1. The molecule has 20 heavy (non-hydrogen) atoms. The normalized spacial score (nSPS) is 19.2. The summed E-state index contributed by atoms with van der Waals surface area (Å²) >= 11 is 0. The SMILES string of the molecule is C[C@@H]1CN(c2ccc([N+](=O)[O-])c3ccncc23)CCN1. The van der Waals surface area contributed by atoms with Gasteiger partial charge in [-0.3, -0.25) is 15.1 Å². The van der Waals surface area contributed by atoms with Crippen LogP contribution in [-0.4, -0.2) is 35.6 Å². The van der Waals surface area contributed by atoms with Gasteiger partial charge in [0.15, 0.2) is 0 Å². The van der Waals surface area contributed by atoms with E-state index in [1.165, 1.54) is 0 Å². The molecular formula is C14H16N4O2. The molecule has 1 aliphatic heterocycles. The monoisotopic (exact) mass is 272 g/mol. The summed E-state index contributed by atoms with van der Waals surface area (Å²) in [6.07, 6.45) is 3.31. The molecule has 1 aromatic heterocycles. The van der Waals surface area contributed by atoms with Crippen molar-refractivity contribution in [2.24, 2.45) is 0 Å².